The highest BCUT2D eigenvalue weighted by Crippen LogP contribution is 2.45. The van der Waals surface area contributed by atoms with Crippen LogP contribution in [0, 0.1) is 0 Å². The summed E-state index contributed by atoms with van der Waals surface area (Å²) in [6, 6.07) is 15.6. The maximum Gasteiger partial charge on any atom is 0.466 e. The summed E-state index contributed by atoms with van der Waals surface area (Å²) in [5.41, 5.74) is 2.13. The monoisotopic (exact) mass is 510 g/mol. The van der Waals surface area contributed by atoms with E-state index in [2.05, 4.69) is 0 Å². The Bertz CT molecular complexity index is 875. The van der Waals surface area contributed by atoms with Gasteiger partial charge in [-0.1, -0.05) is 36.4 Å². The summed E-state index contributed by atoms with van der Waals surface area (Å²) >= 11 is 0. The fourth-order valence-electron chi connectivity index (χ4n) is 1.78. The molecule has 0 saturated carbocycles. The first-order chi connectivity index (χ1) is 13.4. The van der Waals surface area contributed by atoms with E-state index in [0.717, 1.165) is 22.2 Å². The van der Waals surface area contributed by atoms with Crippen LogP contribution < -0.4 is 9.83 Å². The molecule has 2 aromatic rings. The van der Waals surface area contributed by atoms with Crippen LogP contribution in [-0.4, -0.2) is 48.9 Å². The second-order valence-corrected chi connectivity index (χ2v) is 9.21. The summed E-state index contributed by atoms with van der Waals surface area (Å²) in [7, 11) is -15.4. The van der Waals surface area contributed by atoms with Gasteiger partial charge in [-0.15, -0.1) is 0 Å². The molecule has 170 valence electrons. The third-order valence-electron chi connectivity index (χ3n) is 2.47. The van der Waals surface area contributed by atoms with Gasteiger partial charge in [0.25, 0.3) is 8.38 Å². The fourth-order valence-corrected chi connectivity index (χ4v) is 2.84. The number of hydrogen-bond acceptors (Lipinski definition) is 5. The summed E-state index contributed by atoms with van der Waals surface area (Å²) in [5.74, 6) is 0.768. The lowest BCUT2D eigenvalue weighted by molar-refractivity contribution is 0.272. The Labute approximate surface area is 170 Å². The fraction of sp³-hybridized carbons (Fsp3) is 0. The highest BCUT2D eigenvalue weighted by molar-refractivity contribution is 7.56. The summed E-state index contributed by atoms with van der Waals surface area (Å²) in [6.45, 7) is 0. The van der Waals surface area contributed by atoms with Gasteiger partial charge in [-0.3, -0.25) is 0 Å². The zero-order chi connectivity index (χ0) is 23.8. The van der Waals surface area contributed by atoms with Crippen molar-refractivity contribution >= 4 is 37.1 Å². The molecule has 30 heavy (non-hydrogen) atoms. The summed E-state index contributed by atoms with van der Waals surface area (Å²) < 4.78 is 32.1. The van der Waals surface area contributed by atoms with Gasteiger partial charge >= 0.3 is 23.5 Å². The van der Waals surface area contributed by atoms with Crippen molar-refractivity contribution in [3.63, 3.8) is 0 Å². The third-order valence-corrected chi connectivity index (χ3v) is 3.64. The van der Waals surface area contributed by atoms with Crippen LogP contribution in [0.15, 0.2) is 48.5 Å². The van der Waals surface area contributed by atoms with E-state index in [-0.39, 0.29) is 0 Å². The molecule has 0 spiro atoms. The van der Waals surface area contributed by atoms with Crippen molar-refractivity contribution in [2.75, 3.05) is 0 Å². The van der Waals surface area contributed by atoms with Crippen molar-refractivity contribution in [2.45, 2.75) is 0 Å². The average molecular weight is 510 g/mol. The molecule has 14 nitrogen and oxygen atoms in total. The van der Waals surface area contributed by atoms with E-state index in [4.69, 9.17) is 62.3 Å². The average Bonchev–Trinajstić information content (AvgIpc) is 2.50. The van der Waals surface area contributed by atoms with E-state index < -0.39 is 31.8 Å². The minimum Gasteiger partial charge on any atom is -0.443 e. The Balaban J connectivity index is 0.000000468. The van der Waals surface area contributed by atoms with Gasteiger partial charge in [0.15, 0.2) is 0 Å². The first-order valence-electron chi connectivity index (χ1n) is 7.06. The Hall–Kier alpha value is -1.04. The van der Waals surface area contributed by atoms with E-state index in [0.29, 0.717) is 0 Å². The first kappa shape index (κ1) is 29.0. The van der Waals surface area contributed by atoms with Crippen molar-refractivity contribution in [3.05, 3.63) is 48.5 Å². The minimum atomic E-state index is -4.64. The van der Waals surface area contributed by atoms with Gasteiger partial charge in [0, 0.05) is 5.56 Å². The quantitative estimate of drug-likeness (QED) is 0.207. The van der Waals surface area contributed by atoms with Gasteiger partial charge in [0.2, 0.25) is 0 Å². The molecule has 18 heteroatoms. The maximum absolute atomic E-state index is 9.85. The number of phosphoric acid groups is 3. The van der Waals surface area contributed by atoms with Gasteiger partial charge < -0.3 is 53.5 Å². The van der Waals surface area contributed by atoms with Crippen LogP contribution in [0.3, 0.4) is 0 Å². The summed E-state index contributed by atoms with van der Waals surface area (Å²) in [5, 5.41) is 0.895. The summed E-state index contributed by atoms with van der Waals surface area (Å²) in [4.78, 5) is 74.5. The predicted octanol–water partition coefficient (Wildman–Crippen LogP) is -0.110. The van der Waals surface area contributed by atoms with E-state index in [1.54, 1.807) is 0 Å². The number of rotatable bonds is 0. The Kier molecular flexibility index (Phi) is 11.7. The molecule has 2 aromatic carbocycles. The molecule has 1 heterocycles. The van der Waals surface area contributed by atoms with Crippen LogP contribution in [0.4, 0.5) is 0 Å². The topological polar surface area (TPSA) is 263 Å². The van der Waals surface area contributed by atoms with Crippen LogP contribution in [-0.2, 0) is 13.7 Å². The van der Waals surface area contributed by atoms with E-state index in [1.807, 2.05) is 48.5 Å². The number of fused-ring (bicyclic) bond motifs is 3. The zero-order valence-electron chi connectivity index (χ0n) is 14.5. The lowest BCUT2D eigenvalue weighted by Crippen LogP contribution is -2.13. The van der Waals surface area contributed by atoms with Crippen molar-refractivity contribution < 1.29 is 67.2 Å². The lowest BCUT2D eigenvalue weighted by atomic mass is 10.0. The third kappa shape index (κ3) is 16.7. The predicted molar refractivity (Wildman–Crippen MR) is 104 cm³/mol. The maximum atomic E-state index is 9.85. The van der Waals surface area contributed by atoms with E-state index in [1.165, 1.54) is 0 Å². The number of benzene rings is 2. The van der Waals surface area contributed by atoms with Gasteiger partial charge in [-0.2, -0.15) is 0 Å². The Morgan fingerprint density at radius 2 is 0.933 bits per heavy atom. The van der Waals surface area contributed by atoms with E-state index in [9.17, 15) is 4.89 Å². The first-order valence-corrected chi connectivity index (χ1v) is 13.0. The molecule has 1 unspecified atom stereocenters. The zero-order valence-corrected chi connectivity index (χ0v) is 18.1. The van der Waals surface area contributed by atoms with Crippen LogP contribution in [0.5, 0.6) is 5.75 Å². The molecule has 0 bridgehead atoms. The lowest BCUT2D eigenvalue weighted by Gasteiger charge is -2.23. The van der Waals surface area contributed by atoms with Crippen LogP contribution in [0.25, 0.3) is 11.1 Å². The van der Waals surface area contributed by atoms with Crippen molar-refractivity contribution in [3.8, 4) is 16.9 Å². The molecule has 1 atom stereocenters. The van der Waals surface area contributed by atoms with Crippen molar-refractivity contribution in [1.29, 1.82) is 0 Å². The largest absolute Gasteiger partial charge is 0.466 e. The van der Waals surface area contributed by atoms with E-state index >= 15 is 0 Å². The minimum absolute atomic E-state index is 0.768. The molecule has 0 radical (unpaired) electrons. The second-order valence-electron chi connectivity index (χ2n) is 4.92. The van der Waals surface area contributed by atoms with Gasteiger partial charge in [0.05, 0.1) is 5.30 Å². The number of hydrogen-bond donors (Lipinski definition) is 10. The van der Waals surface area contributed by atoms with Crippen LogP contribution in [0.2, 0.25) is 0 Å². The SMILES string of the molecule is O=P(O)(O)O.O=P(O)(O)O.O=P(O)(O)O.OP1Oc2ccccc2-c2ccccc21. The molecule has 0 aliphatic carbocycles. The molecule has 0 aromatic heterocycles. The number of para-hydroxylation sites is 1. The smallest absolute Gasteiger partial charge is 0.443 e. The van der Waals surface area contributed by atoms with Crippen molar-refractivity contribution in [1.82, 2.24) is 0 Å². The molecule has 3 rings (SSSR count). The Morgan fingerprint density at radius 1 is 0.600 bits per heavy atom. The molecule has 1 aliphatic rings. The molecular weight excluding hydrogens is 492 g/mol. The van der Waals surface area contributed by atoms with Gasteiger partial charge in [0.1, 0.15) is 5.75 Å². The standard InChI is InChI=1S/C12H9O2P.3H3O4P/c13-15-12-8-4-2-6-10(12)9-5-1-3-7-11(9)14-15;3*1-5(2,3)4/h1-8,13H;3*(H3,1,2,3,4). The highest BCUT2D eigenvalue weighted by Gasteiger charge is 2.24. The molecule has 0 fully saturated rings. The molecular formula is C12H18O14P4. The molecule has 1 aliphatic heterocycles. The highest BCUT2D eigenvalue weighted by atomic mass is 31.2. The molecule has 10 N–H and O–H groups in total. The van der Waals surface area contributed by atoms with Gasteiger partial charge in [-0.05, 0) is 17.7 Å². The normalized spacial score (nSPS) is 14.7. The summed E-state index contributed by atoms with van der Waals surface area (Å²) in [6.07, 6.45) is 0. The Morgan fingerprint density at radius 3 is 1.37 bits per heavy atom. The molecule has 0 amide bonds. The molecule has 0 saturated heterocycles. The van der Waals surface area contributed by atoms with Crippen LogP contribution >= 0.6 is 31.8 Å². The second kappa shape index (κ2) is 12.1. The van der Waals surface area contributed by atoms with Crippen molar-refractivity contribution in [2.24, 2.45) is 0 Å². The van der Waals surface area contributed by atoms with Gasteiger partial charge in [-0.25, -0.2) is 13.7 Å². The van der Waals surface area contributed by atoms with Crippen LogP contribution in [0.1, 0.15) is 0 Å².